The second kappa shape index (κ2) is 7.04. The number of aryl methyl sites for hydroxylation is 1. The van der Waals surface area contributed by atoms with Crippen molar-refractivity contribution < 1.29 is 4.52 Å². The van der Waals surface area contributed by atoms with Crippen molar-refractivity contribution in [3.05, 3.63) is 98.9 Å². The molecule has 30 heavy (non-hydrogen) atoms. The van der Waals surface area contributed by atoms with Crippen molar-refractivity contribution >= 4 is 11.0 Å². The zero-order valence-corrected chi connectivity index (χ0v) is 16.2. The number of H-pyrrole nitrogens is 2. The average molecular weight is 398 g/mol. The Balaban J connectivity index is 1.51. The Labute approximate surface area is 170 Å². The maximum absolute atomic E-state index is 12.4. The number of aromatic nitrogens is 4. The second-order valence-electron chi connectivity index (χ2n) is 7.17. The summed E-state index contributed by atoms with van der Waals surface area (Å²) < 4.78 is 6.40. The SMILES string of the molecule is Cc1cccc2[nH]c(=O)n(Cc3ccc(-c4ccccc4-c4noc(=O)[nH]4)cc3)c12. The van der Waals surface area contributed by atoms with Crippen LogP contribution in [0.2, 0.25) is 0 Å². The monoisotopic (exact) mass is 398 g/mol. The third kappa shape index (κ3) is 3.06. The summed E-state index contributed by atoms with van der Waals surface area (Å²) in [6, 6.07) is 21.5. The summed E-state index contributed by atoms with van der Waals surface area (Å²) in [5, 5.41) is 3.80. The molecule has 0 amide bonds. The molecule has 5 aromatic rings. The molecule has 148 valence electrons. The minimum Gasteiger partial charge on any atom is -0.306 e. The van der Waals surface area contributed by atoms with Crippen LogP contribution in [0.5, 0.6) is 0 Å². The van der Waals surface area contributed by atoms with Gasteiger partial charge in [-0.2, -0.15) is 0 Å². The van der Waals surface area contributed by atoms with Crippen LogP contribution in [-0.4, -0.2) is 19.7 Å². The van der Waals surface area contributed by atoms with Gasteiger partial charge in [0.25, 0.3) is 0 Å². The number of hydrogen-bond donors (Lipinski definition) is 2. The third-order valence-electron chi connectivity index (χ3n) is 5.22. The van der Waals surface area contributed by atoms with E-state index < -0.39 is 5.76 Å². The molecule has 0 aliphatic rings. The number of benzene rings is 3. The molecule has 0 saturated heterocycles. The van der Waals surface area contributed by atoms with Crippen molar-refractivity contribution in [2.24, 2.45) is 0 Å². The van der Waals surface area contributed by atoms with Gasteiger partial charge in [-0.1, -0.05) is 65.8 Å². The lowest BCUT2D eigenvalue weighted by atomic mass is 9.98. The molecule has 0 aliphatic heterocycles. The molecule has 2 heterocycles. The van der Waals surface area contributed by atoms with Gasteiger partial charge in [-0.05, 0) is 35.2 Å². The first-order valence-electron chi connectivity index (χ1n) is 9.53. The summed E-state index contributed by atoms with van der Waals surface area (Å²) in [5.74, 6) is -0.199. The Kier molecular flexibility index (Phi) is 4.21. The maximum Gasteiger partial charge on any atom is 0.439 e. The molecular formula is C23H18N4O3. The maximum atomic E-state index is 12.4. The van der Waals surface area contributed by atoms with Gasteiger partial charge in [-0.25, -0.2) is 9.59 Å². The number of nitrogens with one attached hydrogen (secondary N) is 2. The number of nitrogens with zero attached hydrogens (tertiary/aromatic N) is 2. The Morgan fingerprint density at radius 3 is 2.40 bits per heavy atom. The van der Waals surface area contributed by atoms with Gasteiger partial charge in [0.15, 0.2) is 5.82 Å². The molecule has 2 aromatic heterocycles. The highest BCUT2D eigenvalue weighted by Gasteiger charge is 2.12. The summed E-state index contributed by atoms with van der Waals surface area (Å²) in [6.07, 6.45) is 0. The van der Waals surface area contributed by atoms with E-state index >= 15 is 0 Å². The van der Waals surface area contributed by atoms with Crippen LogP contribution in [0.25, 0.3) is 33.5 Å². The van der Waals surface area contributed by atoms with E-state index in [1.165, 1.54) is 0 Å². The largest absolute Gasteiger partial charge is 0.439 e. The molecule has 0 saturated carbocycles. The molecule has 0 fully saturated rings. The fourth-order valence-electron chi connectivity index (χ4n) is 3.81. The van der Waals surface area contributed by atoms with Gasteiger partial charge >= 0.3 is 11.4 Å². The highest BCUT2D eigenvalue weighted by molar-refractivity contribution is 5.81. The van der Waals surface area contributed by atoms with Crippen molar-refractivity contribution in [3.63, 3.8) is 0 Å². The zero-order valence-electron chi connectivity index (χ0n) is 16.2. The Morgan fingerprint density at radius 2 is 1.67 bits per heavy atom. The van der Waals surface area contributed by atoms with Crippen molar-refractivity contribution in [3.8, 4) is 22.5 Å². The first kappa shape index (κ1) is 17.9. The lowest BCUT2D eigenvalue weighted by Gasteiger charge is -2.09. The highest BCUT2D eigenvalue weighted by atomic mass is 16.5. The molecular weight excluding hydrogens is 380 g/mol. The summed E-state index contributed by atoms with van der Waals surface area (Å²) in [5.41, 5.74) is 6.38. The van der Waals surface area contributed by atoms with E-state index in [4.69, 9.17) is 0 Å². The number of fused-ring (bicyclic) bond motifs is 1. The summed E-state index contributed by atoms with van der Waals surface area (Å²) >= 11 is 0. The Hall–Kier alpha value is -4.13. The molecule has 2 N–H and O–H groups in total. The highest BCUT2D eigenvalue weighted by Crippen LogP contribution is 2.30. The summed E-state index contributed by atoms with van der Waals surface area (Å²) in [7, 11) is 0. The third-order valence-corrected chi connectivity index (χ3v) is 5.22. The van der Waals surface area contributed by atoms with Gasteiger partial charge < -0.3 is 4.98 Å². The number of hydrogen-bond acceptors (Lipinski definition) is 4. The molecule has 7 nitrogen and oxygen atoms in total. The van der Waals surface area contributed by atoms with E-state index in [1.807, 2.05) is 73.7 Å². The van der Waals surface area contributed by atoms with E-state index in [-0.39, 0.29) is 5.69 Å². The first-order valence-corrected chi connectivity index (χ1v) is 9.53. The van der Waals surface area contributed by atoms with Gasteiger partial charge in [-0.3, -0.25) is 14.1 Å². The second-order valence-corrected chi connectivity index (χ2v) is 7.17. The lowest BCUT2D eigenvalue weighted by molar-refractivity contribution is 0.388. The number of aromatic amines is 2. The molecule has 0 aliphatic carbocycles. The van der Waals surface area contributed by atoms with E-state index in [2.05, 4.69) is 19.6 Å². The minimum absolute atomic E-state index is 0.122. The Morgan fingerprint density at radius 1 is 0.900 bits per heavy atom. The van der Waals surface area contributed by atoms with E-state index in [0.717, 1.165) is 38.9 Å². The van der Waals surface area contributed by atoms with Crippen LogP contribution in [0.3, 0.4) is 0 Å². The molecule has 0 bridgehead atoms. The van der Waals surface area contributed by atoms with Crippen LogP contribution in [0.1, 0.15) is 11.1 Å². The fraction of sp³-hybridized carbons (Fsp3) is 0.0870. The molecule has 5 rings (SSSR count). The lowest BCUT2D eigenvalue weighted by Crippen LogP contribution is -2.17. The van der Waals surface area contributed by atoms with Crippen LogP contribution < -0.4 is 11.4 Å². The van der Waals surface area contributed by atoms with E-state index in [0.29, 0.717) is 12.4 Å². The van der Waals surface area contributed by atoms with Crippen LogP contribution in [0.15, 0.2) is 80.8 Å². The van der Waals surface area contributed by atoms with Gasteiger partial charge in [0.05, 0.1) is 17.6 Å². The van der Waals surface area contributed by atoms with Crippen molar-refractivity contribution in [2.75, 3.05) is 0 Å². The fourth-order valence-corrected chi connectivity index (χ4v) is 3.81. The quantitative estimate of drug-likeness (QED) is 0.482. The van der Waals surface area contributed by atoms with Gasteiger partial charge in [0.2, 0.25) is 0 Å². The Bertz CT molecular complexity index is 1470. The van der Waals surface area contributed by atoms with Crippen LogP contribution >= 0.6 is 0 Å². The van der Waals surface area contributed by atoms with Crippen molar-refractivity contribution in [2.45, 2.75) is 13.5 Å². The molecule has 0 unspecified atom stereocenters. The molecule has 7 heteroatoms. The number of rotatable bonds is 4. The van der Waals surface area contributed by atoms with Gasteiger partial charge in [-0.15, -0.1) is 0 Å². The predicted octanol–water partition coefficient (Wildman–Crippen LogP) is 3.70. The smallest absolute Gasteiger partial charge is 0.306 e. The molecule has 3 aromatic carbocycles. The minimum atomic E-state index is -0.588. The first-order chi connectivity index (χ1) is 14.6. The molecule has 0 atom stereocenters. The van der Waals surface area contributed by atoms with E-state index in [9.17, 15) is 9.59 Å². The zero-order chi connectivity index (χ0) is 20.7. The molecule has 0 radical (unpaired) electrons. The standard InChI is InChI=1S/C23H18N4O3/c1-14-5-4-8-19-20(14)27(22(28)24-19)13-15-9-11-16(12-10-15)17-6-2-3-7-18(17)21-25-23(29)30-26-21/h2-12H,13H2,1H3,(H,24,28)(H,25,26,29). The van der Waals surface area contributed by atoms with Crippen molar-refractivity contribution in [1.29, 1.82) is 0 Å². The average Bonchev–Trinajstić information content (AvgIpc) is 3.32. The van der Waals surface area contributed by atoms with Crippen LogP contribution in [-0.2, 0) is 6.54 Å². The van der Waals surface area contributed by atoms with Crippen LogP contribution in [0.4, 0.5) is 0 Å². The van der Waals surface area contributed by atoms with Gasteiger partial charge in [0, 0.05) is 5.56 Å². The van der Waals surface area contributed by atoms with E-state index in [1.54, 1.807) is 4.57 Å². The molecule has 0 spiro atoms. The van der Waals surface area contributed by atoms with Crippen molar-refractivity contribution in [1.82, 2.24) is 19.7 Å². The summed E-state index contributed by atoms with van der Waals surface area (Å²) in [6.45, 7) is 2.47. The number of para-hydroxylation sites is 1. The topological polar surface area (TPSA) is 96.7 Å². The normalized spacial score (nSPS) is 11.2. The summed E-state index contributed by atoms with van der Waals surface area (Å²) in [4.78, 5) is 29.3. The predicted molar refractivity (Wildman–Crippen MR) is 114 cm³/mol. The van der Waals surface area contributed by atoms with Crippen LogP contribution in [0, 0.1) is 6.92 Å². The number of imidazole rings is 1. The van der Waals surface area contributed by atoms with Gasteiger partial charge in [0.1, 0.15) is 0 Å².